The zero-order valence-electron chi connectivity index (χ0n) is 22.0. The molecule has 1 fully saturated rings. The predicted octanol–water partition coefficient (Wildman–Crippen LogP) is 4.66. The second kappa shape index (κ2) is 11.1. The number of pyridine rings is 1. The second-order valence-corrected chi connectivity index (χ2v) is 10.1. The van der Waals surface area contributed by atoms with Gasteiger partial charge in [-0.05, 0) is 47.4 Å². The molecule has 0 spiro atoms. The Kier molecular flexibility index (Phi) is 7.10. The molecule has 0 bridgehead atoms. The molecule has 0 aliphatic carbocycles. The van der Waals surface area contributed by atoms with Gasteiger partial charge in [0.05, 0.1) is 29.3 Å². The molecule has 0 radical (unpaired) electrons. The molecule has 0 atom stereocenters. The van der Waals surface area contributed by atoms with E-state index in [0.29, 0.717) is 12.2 Å². The van der Waals surface area contributed by atoms with Crippen molar-refractivity contribution in [3.05, 3.63) is 102 Å². The van der Waals surface area contributed by atoms with Crippen LogP contribution in [-0.2, 0) is 24.2 Å². The average Bonchev–Trinajstić information content (AvgIpc) is 3.38. The SMILES string of the molecule is Cc1cc(CC(=O)Cc2ccc(-c3ccc4ncc(N5CCN(Cc6cccnc6)CC5)nc4c3)cc2)on1. The summed E-state index contributed by atoms with van der Waals surface area (Å²) < 4.78 is 5.17. The highest BCUT2D eigenvalue weighted by Crippen LogP contribution is 2.25. The van der Waals surface area contributed by atoms with Crippen molar-refractivity contribution in [1.82, 2.24) is 25.0 Å². The van der Waals surface area contributed by atoms with Crippen molar-refractivity contribution in [3.63, 3.8) is 0 Å². The number of anilines is 1. The summed E-state index contributed by atoms with van der Waals surface area (Å²) in [5.74, 6) is 1.62. The number of carbonyl (C=O) groups is 1. The molecule has 0 N–H and O–H groups in total. The van der Waals surface area contributed by atoms with Gasteiger partial charge in [0.25, 0.3) is 0 Å². The molecule has 39 heavy (non-hydrogen) atoms. The van der Waals surface area contributed by atoms with E-state index in [1.807, 2.05) is 49.8 Å². The van der Waals surface area contributed by atoms with E-state index >= 15 is 0 Å². The van der Waals surface area contributed by atoms with Gasteiger partial charge in [0.2, 0.25) is 0 Å². The molecule has 196 valence electrons. The minimum atomic E-state index is 0.102. The zero-order chi connectivity index (χ0) is 26.6. The summed E-state index contributed by atoms with van der Waals surface area (Å²) in [5.41, 5.74) is 6.91. The smallest absolute Gasteiger partial charge is 0.147 e. The van der Waals surface area contributed by atoms with Crippen LogP contribution in [0, 0.1) is 6.92 Å². The third-order valence-corrected chi connectivity index (χ3v) is 7.09. The van der Waals surface area contributed by atoms with Crippen molar-refractivity contribution in [3.8, 4) is 11.1 Å². The molecule has 2 aromatic carbocycles. The van der Waals surface area contributed by atoms with Crippen LogP contribution < -0.4 is 4.90 Å². The van der Waals surface area contributed by atoms with E-state index in [1.165, 1.54) is 5.56 Å². The standard InChI is InChI=1S/C31H30N6O2/c1-22-15-28(39-35-22)18-27(38)16-23-4-6-25(7-5-23)26-8-9-29-30(17-26)34-31(20-33-29)37-13-11-36(12-14-37)21-24-3-2-10-32-19-24/h2-10,15,17,19-20H,11-14,16,18,21H2,1H3. The Morgan fingerprint density at radius 3 is 2.44 bits per heavy atom. The molecule has 0 unspecified atom stereocenters. The van der Waals surface area contributed by atoms with Gasteiger partial charge < -0.3 is 9.42 Å². The number of piperazine rings is 1. The number of Topliss-reactive ketones (excluding diaryl/α,β-unsaturated/α-hetero) is 1. The third kappa shape index (κ3) is 6.02. The van der Waals surface area contributed by atoms with Crippen LogP contribution in [0.25, 0.3) is 22.2 Å². The minimum Gasteiger partial charge on any atom is -0.361 e. The number of aryl methyl sites for hydroxylation is 1. The van der Waals surface area contributed by atoms with Crippen LogP contribution in [0.3, 0.4) is 0 Å². The second-order valence-electron chi connectivity index (χ2n) is 10.1. The van der Waals surface area contributed by atoms with Crippen molar-refractivity contribution in [2.75, 3.05) is 31.1 Å². The largest absolute Gasteiger partial charge is 0.361 e. The van der Waals surface area contributed by atoms with Crippen molar-refractivity contribution < 1.29 is 9.32 Å². The fourth-order valence-electron chi connectivity index (χ4n) is 5.02. The first-order valence-corrected chi connectivity index (χ1v) is 13.3. The van der Waals surface area contributed by atoms with Crippen molar-refractivity contribution >= 4 is 22.6 Å². The summed E-state index contributed by atoms with van der Waals surface area (Å²) in [6.45, 7) is 6.54. The molecule has 3 aromatic heterocycles. The lowest BCUT2D eigenvalue weighted by atomic mass is 10.0. The maximum absolute atomic E-state index is 12.4. The van der Waals surface area contributed by atoms with Crippen LogP contribution in [0.2, 0.25) is 0 Å². The van der Waals surface area contributed by atoms with Gasteiger partial charge in [0, 0.05) is 57.6 Å². The van der Waals surface area contributed by atoms with Gasteiger partial charge in [-0.25, -0.2) is 4.98 Å². The zero-order valence-corrected chi connectivity index (χ0v) is 22.0. The number of carbonyl (C=O) groups excluding carboxylic acids is 1. The highest BCUT2D eigenvalue weighted by Gasteiger charge is 2.19. The van der Waals surface area contributed by atoms with Crippen LogP contribution >= 0.6 is 0 Å². The van der Waals surface area contributed by atoms with E-state index in [4.69, 9.17) is 9.51 Å². The normalized spacial score (nSPS) is 14.1. The first-order valence-electron chi connectivity index (χ1n) is 13.3. The van der Waals surface area contributed by atoms with Crippen LogP contribution in [0.5, 0.6) is 0 Å². The monoisotopic (exact) mass is 518 g/mol. The lowest BCUT2D eigenvalue weighted by Crippen LogP contribution is -2.46. The van der Waals surface area contributed by atoms with E-state index < -0.39 is 0 Å². The number of ketones is 1. The van der Waals surface area contributed by atoms with E-state index in [-0.39, 0.29) is 12.2 Å². The fourth-order valence-corrected chi connectivity index (χ4v) is 5.02. The molecule has 0 amide bonds. The number of benzene rings is 2. The Morgan fingerprint density at radius 2 is 1.69 bits per heavy atom. The maximum atomic E-state index is 12.4. The van der Waals surface area contributed by atoms with E-state index in [9.17, 15) is 4.79 Å². The molecule has 4 heterocycles. The average molecular weight is 519 g/mol. The van der Waals surface area contributed by atoms with Crippen LogP contribution in [-0.4, -0.2) is 57.0 Å². The summed E-state index contributed by atoms with van der Waals surface area (Å²) >= 11 is 0. The van der Waals surface area contributed by atoms with E-state index in [0.717, 1.165) is 72.0 Å². The number of nitrogens with zero attached hydrogens (tertiary/aromatic N) is 6. The molecular weight excluding hydrogens is 488 g/mol. The number of fused-ring (bicyclic) bond motifs is 1. The lowest BCUT2D eigenvalue weighted by Gasteiger charge is -2.35. The van der Waals surface area contributed by atoms with Crippen molar-refractivity contribution in [2.45, 2.75) is 26.3 Å². The van der Waals surface area contributed by atoms with Crippen LogP contribution in [0.4, 0.5) is 5.82 Å². The molecule has 8 heteroatoms. The van der Waals surface area contributed by atoms with Crippen molar-refractivity contribution in [2.24, 2.45) is 0 Å². The maximum Gasteiger partial charge on any atom is 0.147 e. The summed E-state index contributed by atoms with van der Waals surface area (Å²) in [6.07, 6.45) is 6.25. The van der Waals surface area contributed by atoms with Crippen LogP contribution in [0.1, 0.15) is 22.6 Å². The number of aromatic nitrogens is 4. The Hall–Kier alpha value is -4.43. The quantitative estimate of drug-likeness (QED) is 0.293. The summed E-state index contributed by atoms with van der Waals surface area (Å²) in [4.78, 5) is 31.1. The Balaban J connectivity index is 1.10. The number of hydrogen-bond donors (Lipinski definition) is 0. The van der Waals surface area contributed by atoms with Gasteiger partial charge >= 0.3 is 0 Å². The van der Waals surface area contributed by atoms with Gasteiger partial charge in [-0.15, -0.1) is 0 Å². The molecule has 0 saturated carbocycles. The third-order valence-electron chi connectivity index (χ3n) is 7.09. The first kappa shape index (κ1) is 24.9. The van der Waals surface area contributed by atoms with Gasteiger partial charge in [-0.3, -0.25) is 19.7 Å². The molecule has 1 aliphatic rings. The molecule has 1 aliphatic heterocycles. The summed E-state index contributed by atoms with van der Waals surface area (Å²) in [6, 6.07) is 20.2. The molecule has 8 nitrogen and oxygen atoms in total. The fraction of sp³-hybridized carbons (Fsp3) is 0.258. The highest BCUT2D eigenvalue weighted by atomic mass is 16.5. The molecular formula is C31H30N6O2. The van der Waals surface area contributed by atoms with Gasteiger partial charge in [0.1, 0.15) is 17.4 Å². The lowest BCUT2D eigenvalue weighted by molar-refractivity contribution is -0.118. The van der Waals surface area contributed by atoms with Gasteiger partial charge in [-0.1, -0.05) is 41.6 Å². The van der Waals surface area contributed by atoms with Crippen LogP contribution in [0.15, 0.2) is 83.8 Å². The summed E-state index contributed by atoms with van der Waals surface area (Å²) in [7, 11) is 0. The molecule has 6 rings (SSSR count). The van der Waals surface area contributed by atoms with Gasteiger partial charge in [-0.2, -0.15) is 0 Å². The Labute approximate surface area is 227 Å². The summed E-state index contributed by atoms with van der Waals surface area (Å²) in [5, 5.41) is 3.85. The Bertz CT molecular complexity index is 1570. The van der Waals surface area contributed by atoms with Gasteiger partial charge in [0.15, 0.2) is 0 Å². The topological polar surface area (TPSA) is 88.3 Å². The molecule has 5 aromatic rings. The predicted molar refractivity (Wildman–Crippen MR) is 150 cm³/mol. The first-order chi connectivity index (χ1) is 19.1. The van der Waals surface area contributed by atoms with E-state index in [1.54, 1.807) is 6.07 Å². The van der Waals surface area contributed by atoms with Crippen molar-refractivity contribution in [1.29, 1.82) is 0 Å². The number of hydrogen-bond acceptors (Lipinski definition) is 8. The Morgan fingerprint density at radius 1 is 0.872 bits per heavy atom. The minimum absolute atomic E-state index is 0.102. The molecule has 1 saturated heterocycles. The highest BCUT2D eigenvalue weighted by molar-refractivity contribution is 5.84. The number of rotatable bonds is 8. The van der Waals surface area contributed by atoms with E-state index in [2.05, 4.69) is 55.3 Å².